The van der Waals surface area contributed by atoms with Gasteiger partial charge >= 0.3 is 0 Å². The van der Waals surface area contributed by atoms with Gasteiger partial charge in [-0.25, -0.2) is 8.42 Å². The van der Waals surface area contributed by atoms with Crippen molar-refractivity contribution in [3.63, 3.8) is 0 Å². The van der Waals surface area contributed by atoms with Gasteiger partial charge in [0.2, 0.25) is 5.91 Å². The molecular formula is C14H26N2O5S. The Morgan fingerprint density at radius 1 is 1.27 bits per heavy atom. The Morgan fingerprint density at radius 3 is 2.50 bits per heavy atom. The first kappa shape index (κ1) is 17.7. The molecule has 128 valence electrons. The molecule has 0 aromatic carbocycles. The van der Waals surface area contributed by atoms with Gasteiger partial charge in [0.05, 0.1) is 19.8 Å². The molecule has 7 nitrogen and oxygen atoms in total. The second-order valence-electron chi connectivity index (χ2n) is 6.06. The predicted octanol–water partition coefficient (Wildman–Crippen LogP) is -0.727. The maximum Gasteiger partial charge on any atom is 0.238 e. The molecule has 3 atom stereocenters. The minimum atomic E-state index is -3.36. The Hall–Kier alpha value is -0.700. The first-order valence-electron chi connectivity index (χ1n) is 7.75. The molecule has 0 spiro atoms. The van der Waals surface area contributed by atoms with Crippen molar-refractivity contribution in [3.05, 3.63) is 0 Å². The lowest BCUT2D eigenvalue weighted by Crippen LogP contribution is -2.53. The number of rotatable bonds is 6. The average Bonchev–Trinajstić information content (AvgIpc) is 3.00. The third-order valence-electron chi connectivity index (χ3n) is 4.52. The normalized spacial score (nSPS) is 26.5. The van der Waals surface area contributed by atoms with Crippen LogP contribution in [0.5, 0.6) is 0 Å². The summed E-state index contributed by atoms with van der Waals surface area (Å²) in [4.78, 5) is 14.3. The summed E-state index contributed by atoms with van der Waals surface area (Å²) < 4.78 is 33.8. The maximum atomic E-state index is 12.0. The highest BCUT2D eigenvalue weighted by atomic mass is 32.2. The smallest absolute Gasteiger partial charge is 0.238 e. The van der Waals surface area contributed by atoms with Gasteiger partial charge in [0.1, 0.15) is 5.25 Å². The highest BCUT2D eigenvalue weighted by Gasteiger charge is 2.32. The molecule has 0 aromatic rings. The Morgan fingerprint density at radius 2 is 1.95 bits per heavy atom. The number of carbonyl (C=O) groups excluding carboxylic acids is 1. The van der Waals surface area contributed by atoms with Crippen LogP contribution in [0.4, 0.5) is 0 Å². The van der Waals surface area contributed by atoms with E-state index in [0.29, 0.717) is 32.3 Å². The number of carbonyl (C=O) groups is 1. The fourth-order valence-corrected chi connectivity index (χ4v) is 3.37. The molecule has 0 unspecified atom stereocenters. The zero-order chi connectivity index (χ0) is 16.2. The fraction of sp³-hybridized carbons (Fsp3) is 0.929. The van der Waals surface area contributed by atoms with Crippen LogP contribution in [0.25, 0.3) is 0 Å². The lowest BCUT2D eigenvalue weighted by molar-refractivity contribution is -0.120. The van der Waals surface area contributed by atoms with E-state index in [-0.39, 0.29) is 6.04 Å². The van der Waals surface area contributed by atoms with Crippen LogP contribution in [-0.4, -0.2) is 82.8 Å². The number of nitrogens with zero attached hydrogens (tertiary/aromatic N) is 1. The molecule has 0 bridgehead atoms. The van der Waals surface area contributed by atoms with E-state index in [1.54, 1.807) is 0 Å². The molecule has 2 aliphatic heterocycles. The summed E-state index contributed by atoms with van der Waals surface area (Å²) in [6.45, 7) is 6.37. The van der Waals surface area contributed by atoms with Gasteiger partial charge in [-0.3, -0.25) is 9.69 Å². The standard InChI is InChI=1S/C14H26N2O5S/c1-11(22(2,18)19)14(17)15-9-13(12-3-6-21-10-12)16-4-7-20-8-5-16/h11-13H,3-10H2,1-2H3,(H,15,17)/t11-,12-,13-/m1/s1. The van der Waals surface area contributed by atoms with Gasteiger partial charge in [0.15, 0.2) is 9.84 Å². The number of nitrogens with one attached hydrogen (secondary N) is 1. The highest BCUT2D eigenvalue weighted by molar-refractivity contribution is 7.92. The van der Waals surface area contributed by atoms with E-state index in [1.807, 2.05) is 0 Å². The van der Waals surface area contributed by atoms with Crippen LogP contribution >= 0.6 is 0 Å². The number of ether oxygens (including phenoxy) is 2. The number of sulfone groups is 1. The van der Waals surface area contributed by atoms with Crippen LogP contribution < -0.4 is 5.32 Å². The minimum absolute atomic E-state index is 0.169. The summed E-state index contributed by atoms with van der Waals surface area (Å²) in [7, 11) is -3.36. The van der Waals surface area contributed by atoms with E-state index in [9.17, 15) is 13.2 Å². The van der Waals surface area contributed by atoms with Crippen LogP contribution in [0.1, 0.15) is 13.3 Å². The monoisotopic (exact) mass is 334 g/mol. The van der Waals surface area contributed by atoms with Gasteiger partial charge in [-0.05, 0) is 13.3 Å². The predicted molar refractivity (Wildman–Crippen MR) is 82.4 cm³/mol. The summed E-state index contributed by atoms with van der Waals surface area (Å²) in [5.74, 6) is -0.0633. The molecule has 2 aliphatic rings. The number of morpholine rings is 1. The Kier molecular flexibility index (Phi) is 6.19. The van der Waals surface area contributed by atoms with Crippen LogP contribution in [0, 0.1) is 5.92 Å². The van der Waals surface area contributed by atoms with E-state index in [4.69, 9.17) is 9.47 Å². The fourth-order valence-electron chi connectivity index (χ4n) is 2.90. The lowest BCUT2D eigenvalue weighted by atomic mass is 9.97. The van der Waals surface area contributed by atoms with Gasteiger partial charge in [-0.1, -0.05) is 0 Å². The van der Waals surface area contributed by atoms with Crippen molar-refractivity contribution in [2.75, 3.05) is 52.3 Å². The van der Waals surface area contributed by atoms with Gasteiger partial charge in [0.25, 0.3) is 0 Å². The van der Waals surface area contributed by atoms with Crippen molar-refractivity contribution >= 4 is 15.7 Å². The van der Waals surface area contributed by atoms with Crippen LogP contribution in [0.15, 0.2) is 0 Å². The Balaban J connectivity index is 1.95. The molecule has 0 saturated carbocycles. The number of hydrogen-bond acceptors (Lipinski definition) is 6. The van der Waals surface area contributed by atoms with Crippen molar-refractivity contribution in [3.8, 4) is 0 Å². The van der Waals surface area contributed by atoms with E-state index in [0.717, 1.165) is 32.4 Å². The summed E-state index contributed by atoms with van der Waals surface area (Å²) in [5.41, 5.74) is 0. The molecule has 22 heavy (non-hydrogen) atoms. The topological polar surface area (TPSA) is 84.9 Å². The van der Waals surface area contributed by atoms with Gasteiger partial charge < -0.3 is 14.8 Å². The zero-order valence-corrected chi connectivity index (χ0v) is 14.1. The third-order valence-corrected chi connectivity index (χ3v) is 6.02. The summed E-state index contributed by atoms with van der Waals surface area (Å²) >= 11 is 0. The van der Waals surface area contributed by atoms with Crippen molar-refractivity contribution in [2.45, 2.75) is 24.6 Å². The second kappa shape index (κ2) is 7.72. The molecular weight excluding hydrogens is 308 g/mol. The first-order chi connectivity index (χ1) is 10.4. The SMILES string of the molecule is C[C@H](C(=O)NC[C@H]([C@@H]1CCOC1)N1CCOCC1)S(C)(=O)=O. The average molecular weight is 334 g/mol. The maximum absolute atomic E-state index is 12.0. The quantitative estimate of drug-likeness (QED) is 0.690. The Bertz CT molecular complexity index is 470. The largest absolute Gasteiger partial charge is 0.381 e. The molecule has 1 N–H and O–H groups in total. The molecule has 2 fully saturated rings. The van der Waals surface area contributed by atoms with Crippen LogP contribution in [0.2, 0.25) is 0 Å². The molecule has 2 rings (SSSR count). The van der Waals surface area contributed by atoms with E-state index in [1.165, 1.54) is 6.92 Å². The first-order valence-corrected chi connectivity index (χ1v) is 9.71. The van der Waals surface area contributed by atoms with Crippen molar-refractivity contribution < 1.29 is 22.7 Å². The Labute approximate surface area is 132 Å². The van der Waals surface area contributed by atoms with E-state index >= 15 is 0 Å². The number of amides is 1. The van der Waals surface area contributed by atoms with Crippen molar-refractivity contribution in [1.29, 1.82) is 0 Å². The zero-order valence-electron chi connectivity index (χ0n) is 13.3. The number of hydrogen-bond donors (Lipinski definition) is 1. The third kappa shape index (κ3) is 4.65. The summed E-state index contributed by atoms with van der Waals surface area (Å²) in [5, 5.41) is 1.79. The van der Waals surface area contributed by atoms with E-state index in [2.05, 4.69) is 10.2 Å². The molecule has 0 aliphatic carbocycles. The summed E-state index contributed by atoms with van der Waals surface area (Å²) in [6.07, 6.45) is 2.06. The van der Waals surface area contributed by atoms with Gasteiger partial charge in [0, 0.05) is 44.5 Å². The van der Waals surface area contributed by atoms with Crippen LogP contribution in [-0.2, 0) is 24.1 Å². The molecule has 2 heterocycles. The molecule has 0 radical (unpaired) electrons. The second-order valence-corrected chi connectivity index (χ2v) is 8.42. The highest BCUT2D eigenvalue weighted by Crippen LogP contribution is 2.21. The van der Waals surface area contributed by atoms with Crippen molar-refractivity contribution in [1.82, 2.24) is 10.2 Å². The minimum Gasteiger partial charge on any atom is -0.381 e. The van der Waals surface area contributed by atoms with Gasteiger partial charge in [-0.15, -0.1) is 0 Å². The van der Waals surface area contributed by atoms with Crippen molar-refractivity contribution in [2.24, 2.45) is 5.92 Å². The molecule has 1 amide bonds. The van der Waals surface area contributed by atoms with E-state index < -0.39 is 21.0 Å². The summed E-state index contributed by atoms with van der Waals surface area (Å²) in [6, 6.07) is 0.169. The molecule has 0 aromatic heterocycles. The molecule has 2 saturated heterocycles. The lowest BCUT2D eigenvalue weighted by Gasteiger charge is -2.37. The molecule has 8 heteroatoms. The van der Waals surface area contributed by atoms with Gasteiger partial charge in [-0.2, -0.15) is 0 Å². The van der Waals surface area contributed by atoms with Crippen LogP contribution in [0.3, 0.4) is 0 Å².